The van der Waals surface area contributed by atoms with Gasteiger partial charge in [0.15, 0.2) is 6.19 Å². The molecule has 3 aromatic carbocycles. The zero-order valence-electron chi connectivity index (χ0n) is 21.5. The molecule has 1 aliphatic rings. The van der Waals surface area contributed by atoms with Crippen molar-refractivity contribution in [3.63, 3.8) is 0 Å². The quantitative estimate of drug-likeness (QED) is 0.178. The zero-order valence-corrected chi connectivity index (χ0v) is 21.5. The summed E-state index contributed by atoms with van der Waals surface area (Å²) in [5.41, 5.74) is 1.35. The molecule has 7 nitrogen and oxygen atoms in total. The molecule has 39 heavy (non-hydrogen) atoms. The standard InChI is InChI=1S/C29H28F3N5O2/c1-19(20-3-5-21(6-4-20)25-12-11-24(31)17-26(25)32)37-16-14-29(39-28(37)38,22-7-9-23(30)10-8-22)13-15-35-27(34-2)36-18-33/h3-12,17,19H,13-16H2,1-2H3,(H2,34,35,36). The monoisotopic (exact) mass is 535 g/mol. The van der Waals surface area contributed by atoms with Crippen molar-refractivity contribution < 1.29 is 22.7 Å². The number of halogens is 3. The van der Waals surface area contributed by atoms with Crippen LogP contribution in [0.25, 0.3) is 11.1 Å². The van der Waals surface area contributed by atoms with E-state index >= 15 is 0 Å². The molecule has 10 heteroatoms. The third-order valence-corrected chi connectivity index (χ3v) is 6.97. The lowest BCUT2D eigenvalue weighted by molar-refractivity contribution is -0.0646. The first-order valence-corrected chi connectivity index (χ1v) is 12.4. The molecule has 0 radical (unpaired) electrons. The zero-order chi connectivity index (χ0) is 28.0. The predicted molar refractivity (Wildman–Crippen MR) is 141 cm³/mol. The van der Waals surface area contributed by atoms with Gasteiger partial charge < -0.3 is 15.0 Å². The lowest BCUT2D eigenvalue weighted by Crippen LogP contribution is -2.50. The minimum absolute atomic E-state index is 0.284. The number of benzene rings is 3. The number of aliphatic imine (C=N–C) groups is 1. The van der Waals surface area contributed by atoms with Crippen LogP contribution in [0.15, 0.2) is 71.7 Å². The van der Waals surface area contributed by atoms with Crippen LogP contribution in [0.5, 0.6) is 0 Å². The van der Waals surface area contributed by atoms with Crippen LogP contribution in [-0.2, 0) is 10.3 Å². The van der Waals surface area contributed by atoms with Gasteiger partial charge in [0.05, 0.1) is 6.04 Å². The number of nitrogens with one attached hydrogen (secondary N) is 2. The Hall–Kier alpha value is -4.52. The van der Waals surface area contributed by atoms with Crippen LogP contribution in [0.1, 0.15) is 36.9 Å². The first-order chi connectivity index (χ1) is 18.8. The molecule has 2 unspecified atom stereocenters. The Labute approximate surface area is 224 Å². The first-order valence-electron chi connectivity index (χ1n) is 12.4. The number of hydrogen-bond acceptors (Lipinski definition) is 4. The van der Waals surface area contributed by atoms with Crippen molar-refractivity contribution in [1.29, 1.82) is 5.26 Å². The van der Waals surface area contributed by atoms with Crippen molar-refractivity contribution in [1.82, 2.24) is 15.5 Å². The van der Waals surface area contributed by atoms with Crippen LogP contribution in [0, 0.1) is 28.9 Å². The number of nitriles is 1. The van der Waals surface area contributed by atoms with E-state index in [2.05, 4.69) is 15.6 Å². The highest BCUT2D eigenvalue weighted by Gasteiger charge is 2.43. The van der Waals surface area contributed by atoms with E-state index in [-0.39, 0.29) is 17.6 Å². The predicted octanol–water partition coefficient (Wildman–Crippen LogP) is 5.61. The lowest BCUT2D eigenvalue weighted by Gasteiger charge is -2.43. The third-order valence-electron chi connectivity index (χ3n) is 6.97. The molecule has 0 aromatic heterocycles. The molecule has 0 spiro atoms. The molecule has 2 N–H and O–H groups in total. The van der Waals surface area contributed by atoms with Crippen molar-refractivity contribution in [2.75, 3.05) is 20.1 Å². The Morgan fingerprint density at radius 2 is 1.79 bits per heavy atom. The number of cyclic esters (lactones) is 1. The molecular weight excluding hydrogens is 507 g/mol. The summed E-state index contributed by atoms with van der Waals surface area (Å²) in [6.07, 6.45) is 2.08. The fraction of sp³-hybridized carbons (Fsp3) is 0.276. The van der Waals surface area contributed by atoms with Gasteiger partial charge in [-0.25, -0.2) is 18.0 Å². The molecular formula is C29H28F3N5O2. The number of guanidine groups is 1. The molecule has 1 fully saturated rings. The van der Waals surface area contributed by atoms with Gasteiger partial charge in [-0.3, -0.25) is 10.3 Å². The van der Waals surface area contributed by atoms with Gasteiger partial charge in [0.2, 0.25) is 5.96 Å². The van der Waals surface area contributed by atoms with Gasteiger partial charge in [-0.1, -0.05) is 36.4 Å². The fourth-order valence-corrected chi connectivity index (χ4v) is 4.76. The molecule has 2 atom stereocenters. The summed E-state index contributed by atoms with van der Waals surface area (Å²) in [5, 5.41) is 14.3. The number of amides is 1. The van der Waals surface area contributed by atoms with Crippen molar-refractivity contribution in [3.05, 3.63) is 95.3 Å². The summed E-state index contributed by atoms with van der Waals surface area (Å²) in [7, 11) is 1.53. The Morgan fingerprint density at radius 3 is 2.41 bits per heavy atom. The molecule has 0 saturated carbocycles. The van der Waals surface area contributed by atoms with Gasteiger partial charge in [0.25, 0.3) is 0 Å². The van der Waals surface area contributed by atoms with Crippen LogP contribution in [0.3, 0.4) is 0 Å². The highest BCUT2D eigenvalue weighted by molar-refractivity contribution is 5.81. The summed E-state index contributed by atoms with van der Waals surface area (Å²) in [4.78, 5) is 18.9. The Kier molecular flexibility index (Phi) is 8.39. The maximum absolute atomic E-state index is 14.2. The largest absolute Gasteiger partial charge is 0.438 e. The molecule has 4 rings (SSSR count). The molecule has 202 valence electrons. The van der Waals surface area contributed by atoms with E-state index in [9.17, 15) is 18.0 Å². The third kappa shape index (κ3) is 6.14. The molecule has 3 aromatic rings. The van der Waals surface area contributed by atoms with E-state index in [1.165, 1.54) is 31.3 Å². The van der Waals surface area contributed by atoms with Crippen LogP contribution in [0.4, 0.5) is 18.0 Å². The Morgan fingerprint density at radius 1 is 1.10 bits per heavy atom. The number of hydrogen-bond donors (Lipinski definition) is 2. The number of carbonyl (C=O) groups is 1. The fourth-order valence-electron chi connectivity index (χ4n) is 4.76. The number of carbonyl (C=O) groups excluding carboxylic acids is 1. The Bertz CT molecular complexity index is 1390. The van der Waals surface area contributed by atoms with Crippen molar-refractivity contribution in [2.24, 2.45) is 4.99 Å². The van der Waals surface area contributed by atoms with Crippen LogP contribution < -0.4 is 10.6 Å². The normalized spacial score (nSPS) is 18.2. The van der Waals surface area contributed by atoms with Crippen molar-refractivity contribution in [3.8, 4) is 17.3 Å². The van der Waals surface area contributed by atoms with Gasteiger partial charge in [-0.15, -0.1) is 0 Å². The maximum Gasteiger partial charge on any atom is 0.411 e. The van der Waals surface area contributed by atoms with Gasteiger partial charge >= 0.3 is 6.09 Å². The smallest absolute Gasteiger partial charge is 0.411 e. The molecule has 1 saturated heterocycles. The van der Waals surface area contributed by atoms with Gasteiger partial charge in [0.1, 0.15) is 23.1 Å². The number of rotatable bonds is 7. The average molecular weight is 536 g/mol. The summed E-state index contributed by atoms with van der Waals surface area (Å²) >= 11 is 0. The summed E-state index contributed by atoms with van der Waals surface area (Å²) < 4.78 is 47.2. The van der Waals surface area contributed by atoms with Crippen molar-refractivity contribution >= 4 is 12.1 Å². The van der Waals surface area contributed by atoms with Crippen LogP contribution in [-0.4, -0.2) is 37.1 Å². The molecule has 1 amide bonds. The first kappa shape index (κ1) is 27.5. The second kappa shape index (κ2) is 11.9. The maximum atomic E-state index is 14.2. The molecule has 1 aliphatic heterocycles. The minimum atomic E-state index is -1.01. The van der Waals surface area contributed by atoms with Gasteiger partial charge in [0, 0.05) is 44.6 Å². The minimum Gasteiger partial charge on any atom is -0.438 e. The van der Waals surface area contributed by atoms with E-state index in [0.29, 0.717) is 37.1 Å². The highest BCUT2D eigenvalue weighted by Crippen LogP contribution is 2.39. The van der Waals surface area contributed by atoms with Crippen molar-refractivity contribution in [2.45, 2.75) is 31.4 Å². The van der Waals surface area contributed by atoms with E-state index in [1.54, 1.807) is 47.5 Å². The van der Waals surface area contributed by atoms with Crippen LogP contribution >= 0.6 is 0 Å². The molecule has 0 bridgehead atoms. The molecule has 0 aliphatic carbocycles. The van der Waals surface area contributed by atoms with E-state index in [0.717, 1.165) is 11.6 Å². The second-order valence-corrected chi connectivity index (χ2v) is 9.22. The SMILES string of the molecule is CN=C(NC#N)NCCC1(c2ccc(F)cc2)CCN(C(C)c2ccc(-c3ccc(F)cc3F)cc2)C(=O)O1. The lowest BCUT2D eigenvalue weighted by atomic mass is 9.85. The number of nitrogens with zero attached hydrogens (tertiary/aromatic N) is 3. The van der Waals surface area contributed by atoms with E-state index in [4.69, 9.17) is 10.00 Å². The van der Waals surface area contributed by atoms with Gasteiger partial charge in [-0.05, 0) is 47.9 Å². The Balaban J connectivity index is 1.50. The summed E-state index contributed by atoms with van der Waals surface area (Å²) in [6, 6.07) is 16.0. The topological polar surface area (TPSA) is 89.8 Å². The van der Waals surface area contributed by atoms with E-state index < -0.39 is 29.1 Å². The second-order valence-electron chi connectivity index (χ2n) is 9.22. The van der Waals surface area contributed by atoms with Gasteiger partial charge in [-0.2, -0.15) is 5.26 Å². The summed E-state index contributed by atoms with van der Waals surface area (Å²) in [5.74, 6) is -1.40. The molecule has 1 heterocycles. The summed E-state index contributed by atoms with van der Waals surface area (Å²) in [6.45, 7) is 2.58. The highest BCUT2D eigenvalue weighted by atomic mass is 19.1. The van der Waals surface area contributed by atoms with E-state index in [1.807, 2.05) is 6.92 Å². The van der Waals surface area contributed by atoms with Crippen LogP contribution in [0.2, 0.25) is 0 Å². The number of ether oxygens (including phenoxy) is 1. The average Bonchev–Trinajstić information content (AvgIpc) is 2.93.